The van der Waals surface area contributed by atoms with Gasteiger partial charge in [-0.25, -0.2) is 13.9 Å². The summed E-state index contributed by atoms with van der Waals surface area (Å²) in [6, 6.07) is 16.1. The van der Waals surface area contributed by atoms with Crippen molar-refractivity contribution in [3.8, 4) is 5.69 Å². The predicted octanol–water partition coefficient (Wildman–Crippen LogP) is 4.57. The number of hydrogen-bond acceptors (Lipinski definition) is 4. The number of nitrogens with one attached hydrogen (secondary N) is 1. The number of esters is 1. The molecule has 0 bridgehead atoms. The molecule has 6 nitrogen and oxygen atoms in total. The van der Waals surface area contributed by atoms with E-state index in [4.69, 9.17) is 4.74 Å². The molecular weight excluding hydrogens is 433 g/mol. The third-order valence-corrected chi connectivity index (χ3v) is 6.20. The summed E-state index contributed by atoms with van der Waals surface area (Å²) in [5, 5.41) is 7.44. The number of fused-ring (bicyclic) bond motifs is 1. The highest BCUT2D eigenvalue weighted by Crippen LogP contribution is 2.27. The number of amides is 1. The Kier molecular flexibility index (Phi) is 7.40. The van der Waals surface area contributed by atoms with Crippen molar-refractivity contribution in [3.05, 3.63) is 82.9 Å². The fourth-order valence-electron chi connectivity index (χ4n) is 4.29. The van der Waals surface area contributed by atoms with E-state index in [0.717, 1.165) is 49.8 Å². The number of carbonyl (C=O) groups is 2. The summed E-state index contributed by atoms with van der Waals surface area (Å²) >= 11 is 0. The zero-order valence-corrected chi connectivity index (χ0v) is 19.6. The Labute approximate surface area is 199 Å². The van der Waals surface area contributed by atoms with Crippen LogP contribution in [0.15, 0.2) is 54.6 Å². The van der Waals surface area contributed by atoms with Gasteiger partial charge >= 0.3 is 5.97 Å². The van der Waals surface area contributed by atoms with Gasteiger partial charge in [0, 0.05) is 17.3 Å². The smallest absolute Gasteiger partial charge is 0.359 e. The molecule has 178 valence electrons. The maximum absolute atomic E-state index is 13.4. The topological polar surface area (TPSA) is 73.2 Å². The molecule has 0 fully saturated rings. The molecular formula is C27H30FN3O3. The number of benzene rings is 2. The van der Waals surface area contributed by atoms with Crippen molar-refractivity contribution in [2.45, 2.75) is 64.5 Å². The number of aryl methyl sites for hydroxylation is 1. The lowest BCUT2D eigenvalue weighted by atomic mass is 9.95. The lowest BCUT2D eigenvalue weighted by Crippen LogP contribution is -2.41. The first kappa shape index (κ1) is 23.7. The van der Waals surface area contributed by atoms with Gasteiger partial charge in [0.1, 0.15) is 5.82 Å². The minimum absolute atomic E-state index is 0.0562. The van der Waals surface area contributed by atoms with E-state index in [2.05, 4.69) is 22.5 Å². The van der Waals surface area contributed by atoms with Crippen molar-refractivity contribution in [1.82, 2.24) is 15.1 Å². The molecule has 2 aromatic carbocycles. The molecule has 3 aromatic rings. The number of rotatable bonds is 8. The van der Waals surface area contributed by atoms with Crippen LogP contribution in [0, 0.1) is 5.82 Å². The van der Waals surface area contributed by atoms with Crippen molar-refractivity contribution < 1.29 is 18.7 Å². The Morgan fingerprint density at radius 2 is 1.76 bits per heavy atom. The van der Waals surface area contributed by atoms with Crippen LogP contribution in [-0.2, 0) is 28.8 Å². The largest absolute Gasteiger partial charge is 0.448 e. The maximum Gasteiger partial charge on any atom is 0.359 e. The number of halogens is 1. The van der Waals surface area contributed by atoms with Crippen molar-refractivity contribution in [3.63, 3.8) is 0 Å². The standard InChI is InChI=1S/C27H30FN3O3/c1-18(12-13-20-8-4-3-5-9-20)29-26(32)19(2)34-27(33)25-23-10-6-7-11-24(23)31(30-25)22-16-14-21(28)15-17-22/h3-5,8-9,14-19H,6-7,10-13H2,1-2H3,(H,29,32). The third kappa shape index (κ3) is 5.53. The first-order chi connectivity index (χ1) is 16.4. The van der Waals surface area contributed by atoms with E-state index in [-0.39, 0.29) is 23.5 Å². The summed E-state index contributed by atoms with van der Waals surface area (Å²) in [5.74, 6) is -1.28. The van der Waals surface area contributed by atoms with Gasteiger partial charge < -0.3 is 10.1 Å². The van der Waals surface area contributed by atoms with Crippen molar-refractivity contribution in [1.29, 1.82) is 0 Å². The molecule has 0 saturated carbocycles. The number of aromatic nitrogens is 2. The summed E-state index contributed by atoms with van der Waals surface area (Å²) in [5.41, 5.74) is 3.93. The first-order valence-corrected chi connectivity index (χ1v) is 11.8. The second kappa shape index (κ2) is 10.6. The molecule has 1 amide bonds. The molecule has 1 aliphatic carbocycles. The van der Waals surface area contributed by atoms with E-state index in [1.165, 1.54) is 17.7 Å². The van der Waals surface area contributed by atoms with Crippen molar-refractivity contribution in [2.24, 2.45) is 0 Å². The molecule has 4 rings (SSSR count). The summed E-state index contributed by atoms with van der Waals surface area (Å²) in [7, 11) is 0. The van der Waals surface area contributed by atoms with Gasteiger partial charge in [0.25, 0.3) is 5.91 Å². The normalized spacial score (nSPS) is 14.7. The van der Waals surface area contributed by atoms with Crippen LogP contribution in [0.4, 0.5) is 4.39 Å². The molecule has 34 heavy (non-hydrogen) atoms. The summed E-state index contributed by atoms with van der Waals surface area (Å²) < 4.78 is 20.6. The highest BCUT2D eigenvalue weighted by Gasteiger charge is 2.29. The quantitative estimate of drug-likeness (QED) is 0.497. The minimum Gasteiger partial charge on any atom is -0.448 e. The first-order valence-electron chi connectivity index (χ1n) is 11.8. The van der Waals surface area contributed by atoms with Gasteiger partial charge in [-0.2, -0.15) is 5.10 Å². The lowest BCUT2D eigenvalue weighted by molar-refractivity contribution is -0.129. The van der Waals surface area contributed by atoms with Crippen LogP contribution in [0.5, 0.6) is 0 Å². The van der Waals surface area contributed by atoms with E-state index < -0.39 is 12.1 Å². The summed E-state index contributed by atoms with van der Waals surface area (Å²) in [6.45, 7) is 3.51. The Bertz CT molecular complexity index is 1140. The molecule has 1 heterocycles. The summed E-state index contributed by atoms with van der Waals surface area (Å²) in [6.07, 6.45) is 4.14. The Morgan fingerprint density at radius 1 is 1.06 bits per heavy atom. The molecule has 1 aromatic heterocycles. The van der Waals surface area contributed by atoms with Crippen LogP contribution < -0.4 is 5.32 Å². The van der Waals surface area contributed by atoms with Crippen LogP contribution in [0.1, 0.15) is 60.4 Å². The highest BCUT2D eigenvalue weighted by atomic mass is 19.1. The average molecular weight is 464 g/mol. The van der Waals surface area contributed by atoms with Crippen LogP contribution >= 0.6 is 0 Å². The molecule has 0 aliphatic heterocycles. The van der Waals surface area contributed by atoms with E-state index in [1.807, 2.05) is 25.1 Å². The second-order valence-corrected chi connectivity index (χ2v) is 8.85. The molecule has 0 radical (unpaired) electrons. The zero-order valence-electron chi connectivity index (χ0n) is 19.6. The molecule has 7 heteroatoms. The van der Waals surface area contributed by atoms with Crippen molar-refractivity contribution >= 4 is 11.9 Å². The SMILES string of the molecule is CC(CCc1ccccc1)NC(=O)C(C)OC(=O)c1nn(-c2ccc(F)cc2)c2c1CCCC2. The number of hydrogen-bond donors (Lipinski definition) is 1. The lowest BCUT2D eigenvalue weighted by Gasteiger charge is -2.18. The average Bonchev–Trinajstić information content (AvgIpc) is 3.24. The predicted molar refractivity (Wildman–Crippen MR) is 127 cm³/mol. The van der Waals surface area contributed by atoms with Crippen LogP contribution in [0.2, 0.25) is 0 Å². The van der Waals surface area contributed by atoms with E-state index in [0.29, 0.717) is 5.69 Å². The van der Waals surface area contributed by atoms with Gasteiger partial charge in [-0.15, -0.1) is 0 Å². The fourth-order valence-corrected chi connectivity index (χ4v) is 4.29. The van der Waals surface area contributed by atoms with Gasteiger partial charge in [-0.1, -0.05) is 30.3 Å². The maximum atomic E-state index is 13.4. The van der Waals surface area contributed by atoms with Gasteiger partial charge in [0.05, 0.1) is 5.69 Å². The Balaban J connectivity index is 1.40. The van der Waals surface area contributed by atoms with Crippen LogP contribution in [0.25, 0.3) is 5.69 Å². The third-order valence-electron chi connectivity index (χ3n) is 6.20. The molecule has 0 spiro atoms. The Hall–Kier alpha value is -3.48. The van der Waals surface area contributed by atoms with Gasteiger partial charge in [0.2, 0.25) is 0 Å². The highest BCUT2D eigenvalue weighted by molar-refractivity contribution is 5.92. The van der Waals surface area contributed by atoms with E-state index in [9.17, 15) is 14.0 Å². The number of ether oxygens (including phenoxy) is 1. The molecule has 2 unspecified atom stereocenters. The molecule has 0 saturated heterocycles. The molecule has 1 N–H and O–H groups in total. The summed E-state index contributed by atoms with van der Waals surface area (Å²) in [4.78, 5) is 25.6. The van der Waals surface area contributed by atoms with Gasteiger partial charge in [0.15, 0.2) is 11.8 Å². The van der Waals surface area contributed by atoms with Gasteiger partial charge in [-0.3, -0.25) is 4.79 Å². The number of nitrogens with zero attached hydrogens (tertiary/aromatic N) is 2. The zero-order chi connectivity index (χ0) is 24.1. The minimum atomic E-state index is -0.943. The van der Waals surface area contributed by atoms with Crippen LogP contribution in [-0.4, -0.2) is 33.8 Å². The molecule has 1 aliphatic rings. The molecule has 2 atom stereocenters. The van der Waals surface area contributed by atoms with Crippen LogP contribution in [0.3, 0.4) is 0 Å². The second-order valence-electron chi connectivity index (χ2n) is 8.85. The van der Waals surface area contributed by atoms with Crippen molar-refractivity contribution in [2.75, 3.05) is 0 Å². The monoisotopic (exact) mass is 463 g/mol. The fraction of sp³-hybridized carbons (Fsp3) is 0.370. The van der Waals surface area contributed by atoms with E-state index >= 15 is 0 Å². The van der Waals surface area contributed by atoms with Gasteiger partial charge in [-0.05, 0) is 82.2 Å². The number of carbonyl (C=O) groups excluding carboxylic acids is 2. The van der Waals surface area contributed by atoms with E-state index in [1.54, 1.807) is 23.7 Å². The Morgan fingerprint density at radius 3 is 2.50 bits per heavy atom.